The number of aliphatic carboxylic acids is 1. The third kappa shape index (κ3) is 3.34. The van der Waals surface area contributed by atoms with Gasteiger partial charge in [-0.1, -0.05) is 18.5 Å². The highest BCUT2D eigenvalue weighted by Gasteiger charge is 2.39. The Morgan fingerprint density at radius 1 is 1.65 bits per heavy atom. The third-order valence-corrected chi connectivity index (χ3v) is 4.95. The van der Waals surface area contributed by atoms with Crippen LogP contribution >= 0.6 is 22.9 Å². The van der Waals surface area contributed by atoms with Crippen molar-refractivity contribution in [2.75, 3.05) is 19.8 Å². The first-order valence-corrected chi connectivity index (χ1v) is 8.10. The minimum absolute atomic E-state index is 0.0684. The summed E-state index contributed by atoms with van der Waals surface area (Å²) >= 11 is 7.52. The lowest BCUT2D eigenvalue weighted by Gasteiger charge is -2.35. The van der Waals surface area contributed by atoms with Crippen molar-refractivity contribution in [2.45, 2.75) is 32.4 Å². The van der Waals surface area contributed by atoms with E-state index in [1.165, 1.54) is 11.3 Å². The fourth-order valence-electron chi connectivity index (χ4n) is 2.74. The van der Waals surface area contributed by atoms with Crippen LogP contribution in [0.1, 0.15) is 31.9 Å². The van der Waals surface area contributed by atoms with Crippen molar-refractivity contribution in [2.24, 2.45) is 5.92 Å². The van der Waals surface area contributed by atoms with E-state index in [-0.39, 0.29) is 12.1 Å². The summed E-state index contributed by atoms with van der Waals surface area (Å²) in [6.07, 6.45) is 0.977. The molecule has 4 nitrogen and oxygen atoms in total. The van der Waals surface area contributed by atoms with E-state index in [0.717, 1.165) is 22.9 Å². The third-order valence-electron chi connectivity index (χ3n) is 3.84. The molecule has 112 valence electrons. The van der Waals surface area contributed by atoms with Crippen LogP contribution < -0.4 is 0 Å². The maximum absolute atomic E-state index is 11.4. The molecule has 2 heterocycles. The molecule has 1 aliphatic heterocycles. The zero-order valence-corrected chi connectivity index (χ0v) is 13.3. The highest BCUT2D eigenvalue weighted by molar-refractivity contribution is 7.14. The van der Waals surface area contributed by atoms with E-state index in [1.807, 2.05) is 11.4 Å². The number of nitrogens with zero attached hydrogens (tertiary/aromatic N) is 1. The van der Waals surface area contributed by atoms with Crippen LogP contribution in [0.4, 0.5) is 0 Å². The Labute approximate surface area is 128 Å². The highest BCUT2D eigenvalue weighted by Crippen LogP contribution is 2.32. The van der Waals surface area contributed by atoms with Crippen molar-refractivity contribution < 1.29 is 14.6 Å². The molecule has 0 saturated carbocycles. The van der Waals surface area contributed by atoms with Gasteiger partial charge in [0.25, 0.3) is 0 Å². The monoisotopic (exact) mass is 317 g/mol. The molecule has 1 aliphatic rings. The van der Waals surface area contributed by atoms with Gasteiger partial charge >= 0.3 is 5.97 Å². The first kappa shape index (κ1) is 15.8. The molecule has 0 aromatic carbocycles. The molecule has 3 unspecified atom stereocenters. The van der Waals surface area contributed by atoms with Crippen LogP contribution in [0, 0.1) is 5.92 Å². The van der Waals surface area contributed by atoms with Crippen LogP contribution in [-0.4, -0.2) is 41.8 Å². The Balaban J connectivity index is 2.19. The molecular formula is C14H20ClNO3S. The molecule has 0 radical (unpaired) electrons. The van der Waals surface area contributed by atoms with Gasteiger partial charge in [-0.3, -0.25) is 9.69 Å². The normalized spacial score (nSPS) is 24.2. The molecule has 1 aromatic heterocycles. The first-order chi connectivity index (χ1) is 9.54. The SMILES string of the molecule is CCCN(C(C)c1csc(Cl)c1)C1COCC1C(=O)O. The molecule has 0 spiro atoms. The number of hydrogen-bond acceptors (Lipinski definition) is 4. The summed E-state index contributed by atoms with van der Waals surface area (Å²) in [5.41, 5.74) is 1.14. The summed E-state index contributed by atoms with van der Waals surface area (Å²) in [7, 11) is 0. The zero-order chi connectivity index (χ0) is 14.7. The second kappa shape index (κ2) is 6.89. The maximum Gasteiger partial charge on any atom is 0.310 e. The largest absolute Gasteiger partial charge is 0.481 e. The Morgan fingerprint density at radius 2 is 2.40 bits per heavy atom. The van der Waals surface area contributed by atoms with Crippen molar-refractivity contribution in [1.82, 2.24) is 4.90 Å². The summed E-state index contributed by atoms with van der Waals surface area (Å²) in [5, 5.41) is 11.4. The van der Waals surface area contributed by atoms with E-state index in [9.17, 15) is 9.90 Å². The van der Waals surface area contributed by atoms with Gasteiger partial charge in [0.2, 0.25) is 0 Å². The van der Waals surface area contributed by atoms with Gasteiger partial charge in [-0.05, 0) is 36.9 Å². The fourth-order valence-corrected chi connectivity index (χ4v) is 3.72. The van der Waals surface area contributed by atoms with Crippen molar-refractivity contribution >= 4 is 28.9 Å². The summed E-state index contributed by atoms with van der Waals surface area (Å²) in [6, 6.07) is 2.04. The van der Waals surface area contributed by atoms with Gasteiger partial charge in [0, 0.05) is 12.1 Å². The summed E-state index contributed by atoms with van der Waals surface area (Å²) < 4.78 is 6.17. The minimum Gasteiger partial charge on any atom is -0.481 e. The van der Waals surface area contributed by atoms with Crippen LogP contribution in [0.3, 0.4) is 0 Å². The number of rotatable bonds is 6. The summed E-state index contributed by atoms with van der Waals surface area (Å²) in [4.78, 5) is 13.6. The summed E-state index contributed by atoms with van der Waals surface area (Å²) in [5.74, 6) is -1.22. The van der Waals surface area contributed by atoms with Crippen molar-refractivity contribution in [3.63, 3.8) is 0 Å². The number of halogens is 1. The quantitative estimate of drug-likeness (QED) is 0.875. The Morgan fingerprint density at radius 3 is 2.95 bits per heavy atom. The molecule has 1 fully saturated rings. The maximum atomic E-state index is 11.4. The minimum atomic E-state index is -0.774. The molecule has 20 heavy (non-hydrogen) atoms. The molecular weight excluding hydrogens is 298 g/mol. The predicted molar refractivity (Wildman–Crippen MR) is 80.5 cm³/mol. The lowest BCUT2D eigenvalue weighted by molar-refractivity contribution is -0.143. The van der Waals surface area contributed by atoms with Crippen LogP contribution in [-0.2, 0) is 9.53 Å². The van der Waals surface area contributed by atoms with Crippen LogP contribution in [0.5, 0.6) is 0 Å². The molecule has 0 amide bonds. The van der Waals surface area contributed by atoms with Gasteiger partial charge < -0.3 is 9.84 Å². The van der Waals surface area contributed by atoms with E-state index in [2.05, 4.69) is 18.7 Å². The molecule has 2 rings (SSSR count). The van der Waals surface area contributed by atoms with Gasteiger partial charge in [-0.15, -0.1) is 11.3 Å². The lowest BCUT2D eigenvalue weighted by Crippen LogP contribution is -2.44. The second-order valence-corrected chi connectivity index (χ2v) is 6.69. The van der Waals surface area contributed by atoms with E-state index in [0.29, 0.717) is 13.2 Å². The van der Waals surface area contributed by atoms with E-state index >= 15 is 0 Å². The van der Waals surface area contributed by atoms with Gasteiger partial charge in [0.05, 0.1) is 23.5 Å². The Kier molecular flexibility index (Phi) is 5.43. The van der Waals surface area contributed by atoms with Crippen molar-refractivity contribution in [3.05, 3.63) is 21.3 Å². The summed E-state index contributed by atoms with van der Waals surface area (Å²) in [6.45, 7) is 5.85. The van der Waals surface area contributed by atoms with Crippen LogP contribution in [0.2, 0.25) is 4.34 Å². The average molecular weight is 318 g/mol. The lowest BCUT2D eigenvalue weighted by atomic mass is 9.99. The standard InChI is InChI=1S/C14H20ClNO3S/c1-3-4-16(9(2)10-5-13(15)20-8-10)12-7-19-6-11(12)14(17)18/h5,8-9,11-12H,3-4,6-7H2,1-2H3,(H,17,18). The number of hydrogen-bond donors (Lipinski definition) is 1. The van der Waals surface area contributed by atoms with Crippen LogP contribution in [0.25, 0.3) is 0 Å². The van der Waals surface area contributed by atoms with Crippen LogP contribution in [0.15, 0.2) is 11.4 Å². The molecule has 6 heteroatoms. The molecule has 0 bridgehead atoms. The number of carboxylic acids is 1. The van der Waals surface area contributed by atoms with E-state index in [4.69, 9.17) is 16.3 Å². The van der Waals surface area contributed by atoms with Gasteiger partial charge in [0.15, 0.2) is 0 Å². The zero-order valence-electron chi connectivity index (χ0n) is 11.7. The number of thiophene rings is 1. The highest BCUT2D eigenvalue weighted by atomic mass is 35.5. The van der Waals surface area contributed by atoms with E-state index < -0.39 is 11.9 Å². The van der Waals surface area contributed by atoms with Gasteiger partial charge in [-0.2, -0.15) is 0 Å². The predicted octanol–water partition coefficient (Wildman–Crippen LogP) is 3.27. The molecule has 0 aliphatic carbocycles. The molecule has 1 aromatic rings. The molecule has 1 saturated heterocycles. The second-order valence-electron chi connectivity index (χ2n) is 5.15. The number of carboxylic acid groups (broad SMARTS) is 1. The average Bonchev–Trinajstić information content (AvgIpc) is 3.03. The first-order valence-electron chi connectivity index (χ1n) is 6.84. The molecule has 3 atom stereocenters. The molecule has 1 N–H and O–H groups in total. The van der Waals surface area contributed by atoms with E-state index in [1.54, 1.807) is 0 Å². The smallest absolute Gasteiger partial charge is 0.310 e. The number of carbonyl (C=O) groups is 1. The van der Waals surface area contributed by atoms with Crippen molar-refractivity contribution in [1.29, 1.82) is 0 Å². The Hall–Kier alpha value is -0.620. The topological polar surface area (TPSA) is 49.8 Å². The van der Waals surface area contributed by atoms with Gasteiger partial charge in [-0.25, -0.2) is 0 Å². The fraction of sp³-hybridized carbons (Fsp3) is 0.643. The number of ether oxygens (including phenoxy) is 1. The van der Waals surface area contributed by atoms with Gasteiger partial charge in [0.1, 0.15) is 0 Å². The van der Waals surface area contributed by atoms with Crippen molar-refractivity contribution in [3.8, 4) is 0 Å². The Bertz CT molecular complexity index is 465.